The van der Waals surface area contributed by atoms with E-state index in [2.05, 4.69) is 38.1 Å². The molecule has 1 nitrogen and oxygen atoms in total. The average Bonchev–Trinajstić information content (AvgIpc) is 2.23. The number of hydrogen-bond acceptors (Lipinski definition) is 1. The molecule has 2 rings (SSSR count). The second-order valence-corrected chi connectivity index (χ2v) is 5.05. The molecule has 0 amide bonds. The van der Waals surface area contributed by atoms with Gasteiger partial charge in [0.15, 0.2) is 0 Å². The molecule has 1 heteroatoms. The van der Waals surface area contributed by atoms with Gasteiger partial charge in [-0.05, 0) is 49.1 Å². The van der Waals surface area contributed by atoms with E-state index in [0.717, 1.165) is 5.92 Å². The molecule has 1 aromatic carbocycles. The summed E-state index contributed by atoms with van der Waals surface area (Å²) in [5.74, 6) is 1.41. The molecule has 1 aliphatic rings. The number of nitrogens with two attached hydrogens (primary N) is 1. The highest BCUT2D eigenvalue weighted by Gasteiger charge is 2.27. The van der Waals surface area contributed by atoms with Gasteiger partial charge in [-0.25, -0.2) is 0 Å². The molecule has 0 bridgehead atoms. The monoisotopic (exact) mass is 203 g/mol. The zero-order valence-corrected chi connectivity index (χ0v) is 9.74. The maximum absolute atomic E-state index is 6.24. The summed E-state index contributed by atoms with van der Waals surface area (Å²) in [6.07, 6.45) is 3.73. The molecule has 0 aromatic heterocycles. The van der Waals surface area contributed by atoms with Crippen molar-refractivity contribution in [2.75, 3.05) is 0 Å². The summed E-state index contributed by atoms with van der Waals surface area (Å²) in [4.78, 5) is 0. The molecule has 0 radical (unpaired) electrons. The minimum absolute atomic E-state index is 0.363. The van der Waals surface area contributed by atoms with Crippen LogP contribution in [0, 0.1) is 12.8 Å². The molecular formula is C14H21N. The lowest BCUT2D eigenvalue weighted by Crippen LogP contribution is -2.34. The van der Waals surface area contributed by atoms with Crippen LogP contribution in [-0.2, 0) is 0 Å². The first-order chi connectivity index (χ1) is 7.18. The molecule has 1 aromatic rings. The van der Waals surface area contributed by atoms with Gasteiger partial charge in [0.25, 0.3) is 0 Å². The van der Waals surface area contributed by atoms with Gasteiger partial charge in [0, 0.05) is 6.04 Å². The van der Waals surface area contributed by atoms with E-state index in [1.807, 2.05) is 0 Å². The van der Waals surface area contributed by atoms with E-state index in [9.17, 15) is 0 Å². The lowest BCUT2D eigenvalue weighted by molar-refractivity contribution is 0.305. The van der Waals surface area contributed by atoms with Crippen LogP contribution in [0.1, 0.15) is 43.2 Å². The highest BCUT2D eigenvalue weighted by atomic mass is 14.7. The van der Waals surface area contributed by atoms with Gasteiger partial charge >= 0.3 is 0 Å². The maximum Gasteiger partial charge on any atom is 0.0108 e. The van der Waals surface area contributed by atoms with E-state index in [-0.39, 0.29) is 0 Å². The fraction of sp³-hybridized carbons (Fsp3) is 0.571. The van der Waals surface area contributed by atoms with Crippen molar-refractivity contribution in [1.82, 2.24) is 0 Å². The minimum Gasteiger partial charge on any atom is -0.327 e. The van der Waals surface area contributed by atoms with Crippen LogP contribution in [0.15, 0.2) is 24.3 Å². The van der Waals surface area contributed by atoms with Crippen molar-refractivity contribution in [3.8, 4) is 0 Å². The fourth-order valence-electron chi connectivity index (χ4n) is 2.76. The number of hydrogen-bond donors (Lipinski definition) is 1. The van der Waals surface area contributed by atoms with Crippen LogP contribution in [0.2, 0.25) is 0 Å². The molecule has 0 aliphatic heterocycles. The van der Waals surface area contributed by atoms with Crippen molar-refractivity contribution in [3.05, 3.63) is 35.4 Å². The van der Waals surface area contributed by atoms with Crippen LogP contribution in [0.4, 0.5) is 0 Å². The van der Waals surface area contributed by atoms with Crippen LogP contribution < -0.4 is 5.73 Å². The molecule has 82 valence electrons. The predicted molar refractivity (Wildman–Crippen MR) is 64.9 cm³/mol. The quantitative estimate of drug-likeness (QED) is 0.745. The maximum atomic E-state index is 6.24. The minimum atomic E-state index is 0.363. The van der Waals surface area contributed by atoms with Crippen LogP contribution in [0.3, 0.4) is 0 Å². The predicted octanol–water partition coefficient (Wildman–Crippen LogP) is 3.23. The average molecular weight is 203 g/mol. The molecular weight excluding hydrogens is 182 g/mol. The summed E-state index contributed by atoms with van der Waals surface area (Å²) in [5.41, 5.74) is 9.11. The Bertz CT molecular complexity index is 332. The van der Waals surface area contributed by atoms with Gasteiger partial charge in [-0.15, -0.1) is 0 Å². The third-order valence-corrected chi connectivity index (χ3v) is 3.75. The molecule has 0 saturated heterocycles. The van der Waals surface area contributed by atoms with Gasteiger partial charge in [-0.1, -0.05) is 31.2 Å². The first-order valence-electron chi connectivity index (χ1n) is 5.99. The highest BCUT2D eigenvalue weighted by Crippen LogP contribution is 2.36. The Morgan fingerprint density at radius 2 is 1.93 bits per heavy atom. The molecule has 1 aliphatic carbocycles. The Labute approximate surface area is 92.7 Å². The van der Waals surface area contributed by atoms with Crippen molar-refractivity contribution >= 4 is 0 Å². The van der Waals surface area contributed by atoms with Gasteiger partial charge in [0.1, 0.15) is 0 Å². The SMILES string of the molecule is Cc1ccccc1C1CC(C)CCC1N. The van der Waals surface area contributed by atoms with Gasteiger partial charge in [-0.2, -0.15) is 0 Å². The normalized spacial score (nSPS) is 31.5. The smallest absolute Gasteiger partial charge is 0.0108 e. The third kappa shape index (κ3) is 2.23. The second kappa shape index (κ2) is 4.36. The van der Waals surface area contributed by atoms with Crippen LogP contribution in [0.5, 0.6) is 0 Å². The Kier molecular flexibility index (Phi) is 3.11. The van der Waals surface area contributed by atoms with Crippen molar-refractivity contribution < 1.29 is 0 Å². The molecule has 2 N–H and O–H groups in total. The zero-order chi connectivity index (χ0) is 10.8. The Morgan fingerprint density at radius 3 is 2.67 bits per heavy atom. The summed E-state index contributed by atoms with van der Waals surface area (Å²) in [6, 6.07) is 9.05. The van der Waals surface area contributed by atoms with Gasteiger partial charge < -0.3 is 5.73 Å². The molecule has 0 spiro atoms. The number of benzene rings is 1. The van der Waals surface area contributed by atoms with Gasteiger partial charge in [0.05, 0.1) is 0 Å². The summed E-state index contributed by atoms with van der Waals surface area (Å²) in [6.45, 7) is 4.54. The first kappa shape index (κ1) is 10.7. The van der Waals surface area contributed by atoms with Crippen molar-refractivity contribution in [3.63, 3.8) is 0 Å². The van der Waals surface area contributed by atoms with E-state index in [0.29, 0.717) is 12.0 Å². The van der Waals surface area contributed by atoms with E-state index in [1.165, 1.54) is 30.4 Å². The molecule has 0 heterocycles. The van der Waals surface area contributed by atoms with Crippen molar-refractivity contribution in [2.45, 2.75) is 45.1 Å². The Hall–Kier alpha value is -0.820. The number of aryl methyl sites for hydroxylation is 1. The van der Waals surface area contributed by atoms with Gasteiger partial charge in [-0.3, -0.25) is 0 Å². The Morgan fingerprint density at radius 1 is 1.20 bits per heavy atom. The van der Waals surface area contributed by atoms with E-state index < -0.39 is 0 Å². The molecule has 15 heavy (non-hydrogen) atoms. The Balaban J connectivity index is 2.25. The van der Waals surface area contributed by atoms with Crippen molar-refractivity contribution in [2.24, 2.45) is 11.7 Å². The zero-order valence-electron chi connectivity index (χ0n) is 9.74. The lowest BCUT2D eigenvalue weighted by Gasteiger charge is -2.33. The first-order valence-corrected chi connectivity index (χ1v) is 5.99. The van der Waals surface area contributed by atoms with Crippen molar-refractivity contribution in [1.29, 1.82) is 0 Å². The van der Waals surface area contributed by atoms with Crippen LogP contribution in [0.25, 0.3) is 0 Å². The summed E-state index contributed by atoms with van der Waals surface area (Å²) in [5, 5.41) is 0. The highest BCUT2D eigenvalue weighted by molar-refractivity contribution is 5.30. The van der Waals surface area contributed by atoms with Gasteiger partial charge in [0.2, 0.25) is 0 Å². The fourth-order valence-corrected chi connectivity index (χ4v) is 2.76. The molecule has 3 unspecified atom stereocenters. The summed E-state index contributed by atoms with van der Waals surface area (Å²) in [7, 11) is 0. The lowest BCUT2D eigenvalue weighted by atomic mass is 9.75. The molecule has 1 saturated carbocycles. The largest absolute Gasteiger partial charge is 0.327 e. The van der Waals surface area contributed by atoms with E-state index in [4.69, 9.17) is 5.73 Å². The third-order valence-electron chi connectivity index (χ3n) is 3.75. The summed E-state index contributed by atoms with van der Waals surface area (Å²) >= 11 is 0. The summed E-state index contributed by atoms with van der Waals surface area (Å²) < 4.78 is 0. The second-order valence-electron chi connectivity index (χ2n) is 5.05. The molecule has 3 atom stereocenters. The van der Waals surface area contributed by atoms with Crippen LogP contribution in [-0.4, -0.2) is 6.04 Å². The molecule has 1 fully saturated rings. The topological polar surface area (TPSA) is 26.0 Å². The van der Waals surface area contributed by atoms with E-state index >= 15 is 0 Å². The van der Waals surface area contributed by atoms with Crippen LogP contribution >= 0.6 is 0 Å². The van der Waals surface area contributed by atoms with E-state index in [1.54, 1.807) is 0 Å². The number of rotatable bonds is 1. The standard InChI is InChI=1S/C14H21N/c1-10-7-8-14(15)13(9-10)12-6-4-3-5-11(12)2/h3-6,10,13-14H,7-9,15H2,1-2H3.